The zero-order valence-corrected chi connectivity index (χ0v) is 3.71. The molecule has 7 heteroatoms. The van der Waals surface area contributed by atoms with Crippen LogP contribution in [0.3, 0.4) is 0 Å². The van der Waals surface area contributed by atoms with Crippen molar-refractivity contribution in [2.45, 2.75) is 0 Å². The SMILES string of the molecule is O.O.O=C(O)C(=O)O.[LiH]. The number of carboxylic acids is 2. The van der Waals surface area contributed by atoms with Gasteiger partial charge in [-0.2, -0.15) is 0 Å². The predicted molar refractivity (Wildman–Crippen MR) is 29.6 cm³/mol. The van der Waals surface area contributed by atoms with Gasteiger partial charge in [0.25, 0.3) is 0 Å². The number of hydrogen-bond donors (Lipinski definition) is 2. The van der Waals surface area contributed by atoms with E-state index in [1.54, 1.807) is 0 Å². The van der Waals surface area contributed by atoms with Crippen LogP contribution < -0.4 is 0 Å². The molecule has 6 N–H and O–H groups in total. The summed E-state index contributed by atoms with van der Waals surface area (Å²) in [6, 6.07) is 0. The van der Waals surface area contributed by atoms with Gasteiger partial charge in [-0.25, -0.2) is 9.59 Å². The van der Waals surface area contributed by atoms with Crippen LogP contribution in [0.15, 0.2) is 0 Å². The van der Waals surface area contributed by atoms with E-state index in [4.69, 9.17) is 19.8 Å². The van der Waals surface area contributed by atoms with Crippen LogP contribution in [0, 0.1) is 0 Å². The molecule has 0 aromatic carbocycles. The van der Waals surface area contributed by atoms with E-state index < -0.39 is 11.9 Å². The minimum absolute atomic E-state index is 0. The van der Waals surface area contributed by atoms with Crippen LogP contribution in [0.2, 0.25) is 0 Å². The molecule has 6 nitrogen and oxygen atoms in total. The third-order valence-electron chi connectivity index (χ3n) is 0.183. The molecule has 0 aliphatic carbocycles. The Morgan fingerprint density at radius 1 is 0.889 bits per heavy atom. The molecule has 0 amide bonds. The van der Waals surface area contributed by atoms with Crippen LogP contribution in [0.25, 0.3) is 0 Å². The van der Waals surface area contributed by atoms with Gasteiger partial charge in [0, 0.05) is 0 Å². The Morgan fingerprint density at radius 3 is 1.00 bits per heavy atom. The van der Waals surface area contributed by atoms with Crippen molar-refractivity contribution in [2.24, 2.45) is 0 Å². The molecule has 0 saturated carbocycles. The van der Waals surface area contributed by atoms with Gasteiger partial charge < -0.3 is 21.2 Å². The first-order valence-electron chi connectivity index (χ1n) is 1.11. The summed E-state index contributed by atoms with van der Waals surface area (Å²) in [5, 5.41) is 14.8. The van der Waals surface area contributed by atoms with Gasteiger partial charge in [-0.15, -0.1) is 0 Å². The number of carboxylic acid groups (broad SMARTS) is 2. The van der Waals surface area contributed by atoms with Crippen molar-refractivity contribution in [2.75, 3.05) is 0 Å². The maximum atomic E-state index is 9.10. The third kappa shape index (κ3) is 18.6. The van der Waals surface area contributed by atoms with Gasteiger partial charge in [0.15, 0.2) is 0 Å². The van der Waals surface area contributed by atoms with Crippen LogP contribution in [0.5, 0.6) is 0 Å². The molecular weight excluding hydrogens is 127 g/mol. The molecule has 52 valence electrons. The van der Waals surface area contributed by atoms with E-state index in [-0.39, 0.29) is 29.8 Å². The molecule has 0 saturated heterocycles. The second-order valence-electron chi connectivity index (χ2n) is 0.610. The van der Waals surface area contributed by atoms with Crippen molar-refractivity contribution in [3.8, 4) is 0 Å². The van der Waals surface area contributed by atoms with Crippen molar-refractivity contribution in [1.29, 1.82) is 0 Å². The topological polar surface area (TPSA) is 138 Å². The van der Waals surface area contributed by atoms with Crippen LogP contribution in [-0.4, -0.2) is 52.0 Å². The molecule has 0 fully saturated rings. The fourth-order valence-electron chi connectivity index (χ4n) is 0. The summed E-state index contributed by atoms with van der Waals surface area (Å²) >= 11 is 0. The van der Waals surface area contributed by atoms with Crippen LogP contribution >= 0.6 is 0 Å². The van der Waals surface area contributed by atoms with Crippen LogP contribution in [0.1, 0.15) is 0 Å². The van der Waals surface area contributed by atoms with Gasteiger partial charge in [-0.05, 0) is 0 Å². The fraction of sp³-hybridized carbons (Fsp3) is 0. The summed E-state index contributed by atoms with van der Waals surface area (Å²) in [6.07, 6.45) is 0. The minimum atomic E-state index is -1.82. The Kier molecular flexibility index (Phi) is 27.5. The molecule has 0 atom stereocenters. The Labute approximate surface area is 62.3 Å². The maximum absolute atomic E-state index is 9.10. The van der Waals surface area contributed by atoms with E-state index in [9.17, 15) is 0 Å². The molecule has 9 heavy (non-hydrogen) atoms. The summed E-state index contributed by atoms with van der Waals surface area (Å²) in [5.74, 6) is -3.65. The summed E-state index contributed by atoms with van der Waals surface area (Å²) in [6.45, 7) is 0. The molecule has 0 aromatic heterocycles. The molecule has 0 spiro atoms. The van der Waals surface area contributed by atoms with E-state index in [2.05, 4.69) is 0 Å². The third-order valence-corrected chi connectivity index (χ3v) is 0.183. The van der Waals surface area contributed by atoms with Crippen molar-refractivity contribution in [1.82, 2.24) is 0 Å². The standard InChI is InChI=1S/C2H2O4.Li.2H2O.H/c3-1(4)2(5)6;;;;/h(H,3,4)(H,5,6);;2*1H2;. The van der Waals surface area contributed by atoms with E-state index in [1.807, 2.05) is 0 Å². The zero-order chi connectivity index (χ0) is 5.15. The van der Waals surface area contributed by atoms with Gasteiger partial charge in [0.05, 0.1) is 0 Å². The molecule has 0 bridgehead atoms. The molecule has 0 aromatic rings. The zero-order valence-electron chi connectivity index (χ0n) is 3.71. The van der Waals surface area contributed by atoms with Crippen molar-refractivity contribution in [3.63, 3.8) is 0 Å². The molecule has 0 radical (unpaired) electrons. The van der Waals surface area contributed by atoms with Crippen molar-refractivity contribution < 1.29 is 30.8 Å². The molecule has 0 heterocycles. The first-order valence-corrected chi connectivity index (χ1v) is 1.11. The van der Waals surface area contributed by atoms with Crippen molar-refractivity contribution >= 4 is 30.8 Å². The quantitative estimate of drug-likeness (QED) is 0.267. The molecule has 0 aliphatic heterocycles. The first kappa shape index (κ1) is 23.7. The van der Waals surface area contributed by atoms with E-state index in [0.717, 1.165) is 0 Å². The predicted octanol–water partition coefficient (Wildman–Crippen LogP) is -3.14. The van der Waals surface area contributed by atoms with E-state index in [0.29, 0.717) is 0 Å². The second-order valence-corrected chi connectivity index (χ2v) is 0.610. The Bertz CT molecular complexity index is 77.1. The van der Waals surface area contributed by atoms with Gasteiger partial charge >= 0.3 is 30.8 Å². The monoisotopic (exact) mass is 134 g/mol. The summed E-state index contributed by atoms with van der Waals surface area (Å²) in [5.41, 5.74) is 0. The van der Waals surface area contributed by atoms with Crippen LogP contribution in [0.4, 0.5) is 0 Å². The molecular formula is C2H7LiO6. The fourth-order valence-corrected chi connectivity index (χ4v) is 0. The molecule has 0 aliphatic rings. The average Bonchev–Trinajstić information content (AvgIpc) is 1.36. The van der Waals surface area contributed by atoms with Gasteiger partial charge in [0.2, 0.25) is 0 Å². The number of carbonyl (C=O) groups is 2. The summed E-state index contributed by atoms with van der Waals surface area (Å²) in [4.78, 5) is 18.2. The molecule has 0 rings (SSSR count). The second kappa shape index (κ2) is 10.4. The van der Waals surface area contributed by atoms with E-state index in [1.165, 1.54) is 0 Å². The number of aliphatic carboxylic acids is 2. The van der Waals surface area contributed by atoms with Crippen molar-refractivity contribution in [3.05, 3.63) is 0 Å². The number of rotatable bonds is 0. The van der Waals surface area contributed by atoms with Gasteiger partial charge in [-0.3, -0.25) is 0 Å². The number of hydrogen-bond acceptors (Lipinski definition) is 2. The average molecular weight is 134 g/mol. The van der Waals surface area contributed by atoms with Crippen LogP contribution in [-0.2, 0) is 9.59 Å². The van der Waals surface area contributed by atoms with E-state index >= 15 is 0 Å². The Balaban J connectivity index is -0.0000000417. The van der Waals surface area contributed by atoms with Gasteiger partial charge in [-0.1, -0.05) is 0 Å². The normalized spacial score (nSPS) is 4.89. The Hall–Kier alpha value is -0.543. The first-order chi connectivity index (χ1) is 2.64. The Morgan fingerprint density at radius 2 is 1.00 bits per heavy atom. The summed E-state index contributed by atoms with van der Waals surface area (Å²) < 4.78 is 0. The summed E-state index contributed by atoms with van der Waals surface area (Å²) in [7, 11) is 0. The molecule has 0 unspecified atom stereocenters. The van der Waals surface area contributed by atoms with Gasteiger partial charge in [0.1, 0.15) is 0 Å².